The van der Waals surface area contributed by atoms with Gasteiger partial charge in [0.05, 0.1) is 18.0 Å². The van der Waals surface area contributed by atoms with Crippen LogP contribution in [-0.2, 0) is 16.7 Å². The number of nitriles is 1. The number of nitrogens with zero attached hydrogens (tertiary/aromatic N) is 3. The van der Waals surface area contributed by atoms with Crippen molar-refractivity contribution in [2.24, 2.45) is 0 Å². The van der Waals surface area contributed by atoms with Gasteiger partial charge in [0.2, 0.25) is 0 Å². The molecule has 1 aromatic heterocycles. The normalized spacial score (nSPS) is 23.3. The summed E-state index contributed by atoms with van der Waals surface area (Å²) in [7, 11) is 2.79. The highest BCUT2D eigenvalue weighted by Gasteiger charge is 2.48. The number of rotatable bonds is 1. The van der Waals surface area contributed by atoms with Crippen molar-refractivity contribution in [2.75, 3.05) is 7.11 Å². The molecular weight excluding hydrogens is 269 g/mol. The molecule has 4 rings (SSSR count). The van der Waals surface area contributed by atoms with Crippen molar-refractivity contribution in [1.82, 2.24) is 9.55 Å². The van der Waals surface area contributed by atoms with Crippen molar-refractivity contribution < 1.29 is 4.74 Å². The Balaban J connectivity index is 2.00. The van der Waals surface area contributed by atoms with Gasteiger partial charge in [-0.05, 0) is 38.7 Å². The summed E-state index contributed by atoms with van der Waals surface area (Å²) in [6.07, 6.45) is 5.83. The summed E-state index contributed by atoms with van der Waals surface area (Å²) in [5, 5.41) is 10.2. The summed E-state index contributed by atoms with van der Waals surface area (Å²) < 4.78 is 7.94. The molecule has 0 saturated heterocycles. The standard InChI is InChI=1S/C15H12N3OP/c1-19-14-15(5-4-11-8-17-9-18(11)15)12-3-2-10(7-16)6-13(12)20-14/h2-3,6,8-9H,4-5H2,1H3. The highest BCUT2D eigenvalue weighted by molar-refractivity contribution is 7.49. The van der Waals surface area contributed by atoms with Crippen LogP contribution in [0.25, 0.3) is 0 Å². The van der Waals surface area contributed by atoms with Gasteiger partial charge in [-0.3, -0.25) is 0 Å². The van der Waals surface area contributed by atoms with E-state index in [1.165, 1.54) is 16.6 Å². The van der Waals surface area contributed by atoms with E-state index in [1.807, 2.05) is 24.7 Å². The van der Waals surface area contributed by atoms with Crippen LogP contribution in [0.1, 0.15) is 23.2 Å². The SMILES string of the molecule is COC1=Pc2cc(C#N)ccc2C12CCc1cncn12. The molecule has 0 amide bonds. The summed E-state index contributed by atoms with van der Waals surface area (Å²) >= 11 is 0. The van der Waals surface area contributed by atoms with Gasteiger partial charge in [-0.15, -0.1) is 0 Å². The van der Waals surface area contributed by atoms with Crippen molar-refractivity contribution in [2.45, 2.75) is 18.4 Å². The lowest BCUT2D eigenvalue weighted by Gasteiger charge is -2.29. The average molecular weight is 281 g/mol. The van der Waals surface area contributed by atoms with Gasteiger partial charge in [-0.2, -0.15) is 5.26 Å². The number of fused-ring (bicyclic) bond motifs is 4. The van der Waals surface area contributed by atoms with Crippen LogP contribution in [0.3, 0.4) is 0 Å². The minimum Gasteiger partial charge on any atom is -0.346 e. The molecule has 5 heteroatoms. The summed E-state index contributed by atoms with van der Waals surface area (Å²) in [6, 6.07) is 8.14. The number of aromatic nitrogens is 2. The van der Waals surface area contributed by atoms with Crippen LogP contribution in [-0.4, -0.2) is 22.1 Å². The number of methoxy groups -OCH3 is 1. The van der Waals surface area contributed by atoms with Crippen LogP contribution in [0.4, 0.5) is 0 Å². The summed E-state index contributed by atoms with van der Waals surface area (Å²) in [4.78, 5) is 4.28. The maximum Gasteiger partial charge on any atom is 0.123 e. The zero-order valence-electron chi connectivity index (χ0n) is 11.0. The first-order chi connectivity index (χ1) is 9.79. The van der Waals surface area contributed by atoms with E-state index < -0.39 is 0 Å². The molecule has 0 saturated carbocycles. The zero-order valence-corrected chi connectivity index (χ0v) is 11.9. The van der Waals surface area contributed by atoms with Gasteiger partial charge >= 0.3 is 0 Å². The van der Waals surface area contributed by atoms with E-state index in [2.05, 4.69) is 21.7 Å². The van der Waals surface area contributed by atoms with Gasteiger partial charge in [0, 0.05) is 24.3 Å². The Morgan fingerprint density at radius 2 is 2.40 bits per heavy atom. The summed E-state index contributed by atoms with van der Waals surface area (Å²) in [5.74, 6) is 0. The van der Waals surface area contributed by atoms with Gasteiger partial charge in [0.15, 0.2) is 0 Å². The largest absolute Gasteiger partial charge is 0.346 e. The van der Waals surface area contributed by atoms with Crippen LogP contribution in [0.2, 0.25) is 0 Å². The van der Waals surface area contributed by atoms with Crippen molar-refractivity contribution >= 4 is 19.0 Å². The Labute approximate surface area is 118 Å². The molecular formula is C15H12N3OP. The van der Waals surface area contributed by atoms with Gasteiger partial charge < -0.3 is 9.30 Å². The first kappa shape index (κ1) is 11.8. The summed E-state index contributed by atoms with van der Waals surface area (Å²) in [5.41, 5.74) is 3.98. The molecule has 1 atom stereocenters. The molecule has 2 aliphatic heterocycles. The molecule has 1 spiro atoms. The third kappa shape index (κ3) is 1.29. The molecule has 1 aromatic carbocycles. The lowest BCUT2D eigenvalue weighted by atomic mass is 9.88. The molecule has 0 radical (unpaired) electrons. The molecule has 1 unspecified atom stereocenters. The minimum atomic E-state index is -0.231. The topological polar surface area (TPSA) is 50.8 Å². The second kappa shape index (κ2) is 4.02. The number of hydrogen-bond donors (Lipinski definition) is 0. The van der Waals surface area contributed by atoms with Crippen molar-refractivity contribution in [3.8, 4) is 6.07 Å². The Bertz CT molecular complexity index is 787. The fraction of sp³-hybridized carbons (Fsp3) is 0.267. The smallest absolute Gasteiger partial charge is 0.123 e. The fourth-order valence-electron chi connectivity index (χ4n) is 3.33. The number of ether oxygens (including phenoxy) is 1. The Kier molecular flexibility index (Phi) is 2.38. The number of aryl methyl sites for hydroxylation is 1. The zero-order chi connectivity index (χ0) is 13.7. The third-order valence-electron chi connectivity index (χ3n) is 4.21. The molecule has 0 bridgehead atoms. The van der Waals surface area contributed by atoms with Gasteiger partial charge in [0.25, 0.3) is 0 Å². The molecule has 2 aliphatic rings. The van der Waals surface area contributed by atoms with Crippen LogP contribution in [0.15, 0.2) is 30.7 Å². The van der Waals surface area contributed by atoms with E-state index in [0.717, 1.165) is 26.5 Å². The lowest BCUT2D eigenvalue weighted by Crippen LogP contribution is -2.39. The Morgan fingerprint density at radius 3 is 3.20 bits per heavy atom. The van der Waals surface area contributed by atoms with E-state index in [-0.39, 0.29) is 5.54 Å². The molecule has 0 aliphatic carbocycles. The molecule has 0 N–H and O–H groups in total. The number of imidazole rings is 1. The van der Waals surface area contributed by atoms with Crippen molar-refractivity contribution in [1.29, 1.82) is 5.26 Å². The van der Waals surface area contributed by atoms with Crippen molar-refractivity contribution in [3.63, 3.8) is 0 Å². The maximum absolute atomic E-state index is 9.07. The molecule has 20 heavy (non-hydrogen) atoms. The average Bonchev–Trinajstić information content (AvgIpc) is 3.15. The monoisotopic (exact) mass is 281 g/mol. The summed E-state index contributed by atoms with van der Waals surface area (Å²) in [6.45, 7) is 0. The lowest BCUT2D eigenvalue weighted by molar-refractivity contribution is 0.342. The van der Waals surface area contributed by atoms with Gasteiger partial charge in [0.1, 0.15) is 11.0 Å². The minimum absolute atomic E-state index is 0.231. The van der Waals surface area contributed by atoms with Crippen LogP contribution >= 0.6 is 8.20 Å². The molecule has 4 nitrogen and oxygen atoms in total. The first-order valence-electron chi connectivity index (χ1n) is 6.49. The second-order valence-electron chi connectivity index (χ2n) is 5.08. The third-order valence-corrected chi connectivity index (χ3v) is 5.58. The number of benzene rings is 1. The van der Waals surface area contributed by atoms with E-state index in [4.69, 9.17) is 10.00 Å². The highest BCUT2D eigenvalue weighted by Crippen LogP contribution is 2.45. The number of hydrogen-bond acceptors (Lipinski definition) is 3. The van der Waals surface area contributed by atoms with Crippen LogP contribution in [0.5, 0.6) is 0 Å². The molecule has 98 valence electrons. The van der Waals surface area contributed by atoms with E-state index in [1.54, 1.807) is 7.11 Å². The highest BCUT2D eigenvalue weighted by atomic mass is 31.1. The Morgan fingerprint density at radius 1 is 1.50 bits per heavy atom. The quantitative estimate of drug-likeness (QED) is 0.749. The molecule has 0 fully saturated rings. The second-order valence-corrected chi connectivity index (χ2v) is 6.19. The van der Waals surface area contributed by atoms with E-state index in [9.17, 15) is 0 Å². The van der Waals surface area contributed by atoms with Crippen LogP contribution in [0, 0.1) is 11.3 Å². The fourth-order valence-corrected chi connectivity index (χ4v) is 4.75. The van der Waals surface area contributed by atoms with Crippen LogP contribution < -0.4 is 5.30 Å². The van der Waals surface area contributed by atoms with E-state index >= 15 is 0 Å². The molecule has 3 heterocycles. The Hall–Kier alpha value is -1.95. The van der Waals surface area contributed by atoms with Gasteiger partial charge in [-0.1, -0.05) is 6.07 Å². The van der Waals surface area contributed by atoms with E-state index in [0.29, 0.717) is 5.56 Å². The van der Waals surface area contributed by atoms with Crippen molar-refractivity contribution in [3.05, 3.63) is 47.5 Å². The maximum atomic E-state index is 9.07. The first-order valence-corrected chi connectivity index (χ1v) is 7.38. The van der Waals surface area contributed by atoms with Gasteiger partial charge in [-0.25, -0.2) is 4.98 Å². The molecule has 2 aromatic rings. The predicted molar refractivity (Wildman–Crippen MR) is 77.4 cm³/mol. The predicted octanol–water partition coefficient (Wildman–Crippen LogP) is 1.81.